The van der Waals surface area contributed by atoms with Crippen molar-refractivity contribution in [1.82, 2.24) is 9.88 Å². The molecule has 0 saturated heterocycles. The first-order valence-corrected chi connectivity index (χ1v) is 5.28. The van der Waals surface area contributed by atoms with Gasteiger partial charge in [-0.15, -0.1) is 0 Å². The van der Waals surface area contributed by atoms with E-state index in [9.17, 15) is 9.90 Å². The van der Waals surface area contributed by atoms with E-state index in [1.54, 1.807) is 39.1 Å². The van der Waals surface area contributed by atoms with Gasteiger partial charge in [-0.25, -0.2) is 4.98 Å². The molecule has 1 aromatic heterocycles. The van der Waals surface area contributed by atoms with E-state index in [0.29, 0.717) is 0 Å². The quantitative estimate of drug-likeness (QED) is 0.819. The van der Waals surface area contributed by atoms with Crippen LogP contribution in [0.4, 0.5) is 0 Å². The van der Waals surface area contributed by atoms with Crippen molar-refractivity contribution in [2.24, 2.45) is 0 Å². The first kappa shape index (κ1) is 12.9. The fraction of sp³-hybridized carbons (Fsp3) is 0.455. The first-order valence-electron chi connectivity index (χ1n) is 4.90. The molecule has 5 heteroatoms. The van der Waals surface area contributed by atoms with Gasteiger partial charge < -0.3 is 10.0 Å². The van der Waals surface area contributed by atoms with Gasteiger partial charge in [-0.2, -0.15) is 0 Å². The normalized spacial score (nSPS) is 11.3. The lowest BCUT2D eigenvalue weighted by atomic mass is 10.1. The van der Waals surface area contributed by atoms with Crippen LogP contribution in [0.3, 0.4) is 0 Å². The minimum Gasteiger partial charge on any atom is -0.389 e. The van der Waals surface area contributed by atoms with Crippen LogP contribution in [0, 0.1) is 0 Å². The second-order valence-electron chi connectivity index (χ2n) is 4.32. The monoisotopic (exact) mass is 242 g/mol. The maximum atomic E-state index is 11.9. The van der Waals surface area contributed by atoms with E-state index in [-0.39, 0.29) is 23.3 Å². The highest BCUT2D eigenvalue weighted by Gasteiger charge is 2.21. The largest absolute Gasteiger partial charge is 0.389 e. The van der Waals surface area contributed by atoms with Crippen molar-refractivity contribution in [2.75, 3.05) is 13.6 Å². The molecule has 0 aliphatic heterocycles. The Kier molecular flexibility index (Phi) is 3.88. The van der Waals surface area contributed by atoms with Crippen LogP contribution < -0.4 is 0 Å². The Labute approximate surface area is 99.9 Å². The van der Waals surface area contributed by atoms with E-state index in [1.807, 2.05) is 0 Å². The molecule has 1 amide bonds. The van der Waals surface area contributed by atoms with E-state index in [0.717, 1.165) is 0 Å². The van der Waals surface area contributed by atoms with Gasteiger partial charge in [0.25, 0.3) is 5.91 Å². The molecule has 0 aliphatic carbocycles. The van der Waals surface area contributed by atoms with Gasteiger partial charge >= 0.3 is 0 Å². The zero-order valence-electron chi connectivity index (χ0n) is 9.57. The van der Waals surface area contributed by atoms with Crippen LogP contribution in [0.15, 0.2) is 18.2 Å². The lowest BCUT2D eigenvalue weighted by Crippen LogP contribution is -2.40. The van der Waals surface area contributed by atoms with E-state index in [2.05, 4.69) is 4.98 Å². The zero-order chi connectivity index (χ0) is 12.3. The summed E-state index contributed by atoms with van der Waals surface area (Å²) in [6.07, 6.45) is 0. The molecule has 88 valence electrons. The van der Waals surface area contributed by atoms with Gasteiger partial charge in [-0.3, -0.25) is 4.79 Å². The molecule has 1 rings (SSSR count). The Bertz CT molecular complexity index is 388. The average molecular weight is 243 g/mol. The van der Waals surface area contributed by atoms with Gasteiger partial charge in [0.05, 0.1) is 5.60 Å². The highest BCUT2D eigenvalue weighted by molar-refractivity contribution is 6.29. The van der Waals surface area contributed by atoms with Gasteiger partial charge in [-0.1, -0.05) is 17.7 Å². The molecule has 16 heavy (non-hydrogen) atoms. The van der Waals surface area contributed by atoms with Crippen LogP contribution in [0.25, 0.3) is 0 Å². The van der Waals surface area contributed by atoms with Crippen molar-refractivity contribution in [2.45, 2.75) is 19.4 Å². The Balaban J connectivity index is 2.78. The number of aliphatic hydroxyl groups is 1. The van der Waals surface area contributed by atoms with E-state index in [4.69, 9.17) is 11.6 Å². The fourth-order valence-corrected chi connectivity index (χ4v) is 1.54. The summed E-state index contributed by atoms with van der Waals surface area (Å²) in [5, 5.41) is 9.88. The molecule has 1 heterocycles. The molecule has 1 aromatic rings. The summed E-state index contributed by atoms with van der Waals surface area (Å²) in [5.41, 5.74) is -0.651. The summed E-state index contributed by atoms with van der Waals surface area (Å²) in [4.78, 5) is 17.2. The fourth-order valence-electron chi connectivity index (χ4n) is 1.38. The van der Waals surface area contributed by atoms with Crippen LogP contribution in [0.2, 0.25) is 5.15 Å². The van der Waals surface area contributed by atoms with Gasteiger partial charge in [0.15, 0.2) is 0 Å². The molecule has 0 unspecified atom stereocenters. The minimum absolute atomic E-state index is 0.236. The molecule has 0 bridgehead atoms. The van der Waals surface area contributed by atoms with Crippen LogP contribution >= 0.6 is 11.6 Å². The number of carbonyl (C=O) groups excluding carboxylic acids is 1. The van der Waals surface area contributed by atoms with Crippen molar-refractivity contribution in [3.63, 3.8) is 0 Å². The Hall–Kier alpha value is -1.13. The van der Waals surface area contributed by atoms with E-state index >= 15 is 0 Å². The standard InChI is InChI=1S/C11H15ClN2O2/c1-11(2,16)7-14(3)10(15)8-5-4-6-9(12)13-8/h4-6,16H,7H2,1-3H3. The summed E-state index contributed by atoms with van der Waals surface area (Å²) in [6, 6.07) is 4.86. The van der Waals surface area contributed by atoms with Crippen molar-refractivity contribution in [3.8, 4) is 0 Å². The van der Waals surface area contributed by atoms with Gasteiger partial charge in [0.1, 0.15) is 10.8 Å². The SMILES string of the molecule is CN(CC(C)(C)O)C(=O)c1cccc(Cl)n1. The molecule has 0 saturated carbocycles. The van der Waals surface area contributed by atoms with Crippen LogP contribution in [0.1, 0.15) is 24.3 Å². The topological polar surface area (TPSA) is 53.4 Å². The van der Waals surface area contributed by atoms with Crippen LogP contribution in [0.5, 0.6) is 0 Å². The number of aromatic nitrogens is 1. The van der Waals surface area contributed by atoms with Crippen molar-refractivity contribution in [3.05, 3.63) is 29.0 Å². The molecular formula is C11H15ClN2O2. The van der Waals surface area contributed by atoms with Crippen LogP contribution in [-0.4, -0.2) is 40.1 Å². The third-order valence-corrected chi connectivity index (χ3v) is 2.12. The number of nitrogens with zero attached hydrogens (tertiary/aromatic N) is 2. The second kappa shape index (κ2) is 4.80. The van der Waals surface area contributed by atoms with Crippen molar-refractivity contribution >= 4 is 17.5 Å². The number of hydrogen-bond donors (Lipinski definition) is 1. The number of hydrogen-bond acceptors (Lipinski definition) is 3. The maximum absolute atomic E-state index is 11.9. The number of pyridine rings is 1. The Morgan fingerprint density at radius 2 is 2.19 bits per heavy atom. The summed E-state index contributed by atoms with van der Waals surface area (Å²) < 4.78 is 0. The summed E-state index contributed by atoms with van der Waals surface area (Å²) in [5.74, 6) is -0.260. The number of carbonyl (C=O) groups is 1. The van der Waals surface area contributed by atoms with E-state index in [1.165, 1.54) is 4.90 Å². The zero-order valence-corrected chi connectivity index (χ0v) is 10.3. The molecule has 0 aromatic carbocycles. The Morgan fingerprint density at radius 1 is 1.56 bits per heavy atom. The lowest BCUT2D eigenvalue weighted by Gasteiger charge is -2.25. The minimum atomic E-state index is -0.928. The molecule has 0 aliphatic rings. The third-order valence-electron chi connectivity index (χ3n) is 1.91. The van der Waals surface area contributed by atoms with E-state index < -0.39 is 5.60 Å². The molecule has 4 nitrogen and oxygen atoms in total. The third kappa shape index (κ3) is 3.79. The highest BCUT2D eigenvalue weighted by atomic mass is 35.5. The molecule has 0 spiro atoms. The summed E-state index contributed by atoms with van der Waals surface area (Å²) in [6.45, 7) is 3.52. The predicted molar refractivity (Wildman–Crippen MR) is 62.5 cm³/mol. The van der Waals surface area contributed by atoms with Gasteiger partial charge in [-0.05, 0) is 26.0 Å². The molecular weight excluding hydrogens is 228 g/mol. The number of likely N-dealkylation sites (N-methyl/N-ethyl adjacent to an activating group) is 1. The number of halogens is 1. The predicted octanol–water partition coefficient (Wildman–Crippen LogP) is 1.58. The summed E-state index contributed by atoms with van der Waals surface area (Å²) in [7, 11) is 1.61. The van der Waals surface area contributed by atoms with Crippen molar-refractivity contribution in [1.29, 1.82) is 0 Å². The number of amides is 1. The number of rotatable bonds is 3. The van der Waals surface area contributed by atoms with Gasteiger partial charge in [0.2, 0.25) is 0 Å². The molecule has 1 N–H and O–H groups in total. The lowest BCUT2D eigenvalue weighted by molar-refractivity contribution is 0.0365. The van der Waals surface area contributed by atoms with Crippen LogP contribution in [-0.2, 0) is 0 Å². The smallest absolute Gasteiger partial charge is 0.272 e. The molecule has 0 radical (unpaired) electrons. The Morgan fingerprint density at radius 3 is 2.69 bits per heavy atom. The summed E-state index contributed by atoms with van der Waals surface area (Å²) >= 11 is 5.70. The highest BCUT2D eigenvalue weighted by Crippen LogP contribution is 2.09. The average Bonchev–Trinajstić information content (AvgIpc) is 2.14. The first-order chi connectivity index (χ1) is 7.29. The maximum Gasteiger partial charge on any atom is 0.272 e. The second-order valence-corrected chi connectivity index (χ2v) is 4.71. The van der Waals surface area contributed by atoms with Crippen molar-refractivity contribution < 1.29 is 9.90 Å². The molecule has 0 atom stereocenters. The molecule has 0 fully saturated rings. The van der Waals surface area contributed by atoms with Gasteiger partial charge in [0, 0.05) is 13.6 Å².